The molecule has 1 saturated heterocycles. The van der Waals surface area contributed by atoms with Gasteiger partial charge in [0.25, 0.3) is 5.91 Å². The lowest BCUT2D eigenvalue weighted by Crippen LogP contribution is -2.40. The zero-order chi connectivity index (χ0) is 20.1. The summed E-state index contributed by atoms with van der Waals surface area (Å²) in [6.07, 6.45) is 1.20. The van der Waals surface area contributed by atoms with Gasteiger partial charge < -0.3 is 9.64 Å². The van der Waals surface area contributed by atoms with Gasteiger partial charge in [0.15, 0.2) is 9.84 Å². The van der Waals surface area contributed by atoms with Gasteiger partial charge in [-0.25, -0.2) is 12.8 Å². The Kier molecular flexibility index (Phi) is 6.34. The Hall–Kier alpha value is -2.41. The van der Waals surface area contributed by atoms with E-state index in [2.05, 4.69) is 0 Å². The minimum Gasteiger partial charge on any atom is -0.494 e. The van der Waals surface area contributed by atoms with E-state index in [1.807, 2.05) is 6.92 Å². The van der Waals surface area contributed by atoms with Crippen molar-refractivity contribution in [2.45, 2.75) is 32.4 Å². The van der Waals surface area contributed by atoms with Crippen LogP contribution in [0.3, 0.4) is 0 Å². The van der Waals surface area contributed by atoms with E-state index in [4.69, 9.17) is 4.74 Å². The molecule has 150 valence electrons. The maximum atomic E-state index is 14.2. The fourth-order valence-corrected chi connectivity index (χ4v) is 5.03. The molecule has 0 aliphatic carbocycles. The number of halogens is 1. The van der Waals surface area contributed by atoms with E-state index in [9.17, 15) is 17.6 Å². The molecule has 1 atom stereocenters. The Morgan fingerprint density at radius 3 is 2.68 bits per heavy atom. The van der Waals surface area contributed by atoms with Gasteiger partial charge in [-0.2, -0.15) is 0 Å². The summed E-state index contributed by atoms with van der Waals surface area (Å²) in [6, 6.07) is 12.6. The number of ether oxygens (including phenoxy) is 1. The molecule has 0 aromatic heterocycles. The summed E-state index contributed by atoms with van der Waals surface area (Å²) in [4.78, 5) is 14.7. The molecular weight excluding hydrogens is 381 g/mol. The first-order chi connectivity index (χ1) is 13.4. The predicted molar refractivity (Wildman–Crippen MR) is 106 cm³/mol. The Labute approximate surface area is 165 Å². The minimum absolute atomic E-state index is 0.0196. The summed E-state index contributed by atoms with van der Waals surface area (Å²) in [5.41, 5.74) is 0.757. The molecule has 5 nitrogen and oxygen atoms in total. The average Bonchev–Trinajstić information content (AvgIpc) is 3.05. The molecule has 0 spiro atoms. The van der Waals surface area contributed by atoms with Crippen molar-refractivity contribution in [3.8, 4) is 5.75 Å². The van der Waals surface area contributed by atoms with Gasteiger partial charge in [-0.05, 0) is 37.1 Å². The van der Waals surface area contributed by atoms with E-state index in [0.29, 0.717) is 29.9 Å². The molecule has 0 bridgehead atoms. The number of hydrogen-bond acceptors (Lipinski definition) is 4. The first kappa shape index (κ1) is 20.3. The number of benzene rings is 2. The van der Waals surface area contributed by atoms with Crippen LogP contribution in [-0.2, 0) is 16.4 Å². The van der Waals surface area contributed by atoms with Gasteiger partial charge in [-0.3, -0.25) is 4.79 Å². The molecule has 2 aromatic rings. The number of sulfone groups is 1. The predicted octanol–water partition coefficient (Wildman–Crippen LogP) is 3.44. The molecule has 1 heterocycles. The van der Waals surface area contributed by atoms with Crippen molar-refractivity contribution in [3.63, 3.8) is 0 Å². The number of rotatable bonds is 7. The van der Waals surface area contributed by atoms with Crippen LogP contribution in [0.4, 0.5) is 4.39 Å². The molecule has 1 fully saturated rings. The minimum atomic E-state index is -3.19. The molecule has 0 N–H and O–H groups in total. The molecule has 0 radical (unpaired) electrons. The van der Waals surface area contributed by atoms with Crippen LogP contribution >= 0.6 is 0 Å². The van der Waals surface area contributed by atoms with Crippen LogP contribution in [0.25, 0.3) is 0 Å². The van der Waals surface area contributed by atoms with Crippen LogP contribution < -0.4 is 4.74 Å². The van der Waals surface area contributed by atoms with E-state index >= 15 is 0 Å². The van der Waals surface area contributed by atoms with Crippen LogP contribution in [0, 0.1) is 5.82 Å². The second-order valence-electron chi connectivity index (χ2n) is 6.96. The molecule has 1 amide bonds. The lowest BCUT2D eigenvalue weighted by atomic mass is 10.1. The Balaban J connectivity index is 1.90. The molecule has 1 aliphatic rings. The number of nitrogens with zero attached hydrogens (tertiary/aromatic N) is 1. The Bertz CT molecular complexity index is 945. The third-order valence-electron chi connectivity index (χ3n) is 4.76. The van der Waals surface area contributed by atoms with Crippen molar-refractivity contribution in [3.05, 3.63) is 65.5 Å². The Morgan fingerprint density at radius 2 is 2.00 bits per heavy atom. The van der Waals surface area contributed by atoms with Crippen molar-refractivity contribution in [2.75, 3.05) is 18.1 Å². The first-order valence-corrected chi connectivity index (χ1v) is 11.2. The average molecular weight is 405 g/mol. The highest BCUT2D eigenvalue weighted by Crippen LogP contribution is 2.24. The zero-order valence-corrected chi connectivity index (χ0v) is 16.6. The van der Waals surface area contributed by atoms with Crippen LogP contribution in [0.5, 0.6) is 5.75 Å². The summed E-state index contributed by atoms with van der Waals surface area (Å²) in [5.74, 6) is -0.219. The van der Waals surface area contributed by atoms with E-state index in [1.54, 1.807) is 42.5 Å². The second-order valence-corrected chi connectivity index (χ2v) is 9.19. The highest BCUT2D eigenvalue weighted by atomic mass is 32.2. The largest absolute Gasteiger partial charge is 0.494 e. The third kappa shape index (κ3) is 4.90. The van der Waals surface area contributed by atoms with Crippen molar-refractivity contribution in [1.29, 1.82) is 0 Å². The first-order valence-electron chi connectivity index (χ1n) is 9.37. The molecule has 0 saturated carbocycles. The summed E-state index contributed by atoms with van der Waals surface area (Å²) >= 11 is 0. The van der Waals surface area contributed by atoms with Crippen LogP contribution in [0.15, 0.2) is 48.5 Å². The lowest BCUT2D eigenvalue weighted by molar-refractivity contribution is 0.0678. The number of hydrogen-bond donors (Lipinski definition) is 0. The van der Waals surface area contributed by atoms with Crippen molar-refractivity contribution >= 4 is 15.7 Å². The third-order valence-corrected chi connectivity index (χ3v) is 6.51. The second kappa shape index (κ2) is 8.73. The number of carbonyl (C=O) groups excluding carboxylic acids is 1. The fourth-order valence-electron chi connectivity index (χ4n) is 3.30. The summed E-state index contributed by atoms with van der Waals surface area (Å²) in [7, 11) is -3.19. The van der Waals surface area contributed by atoms with E-state index in [1.165, 1.54) is 11.0 Å². The number of carbonyl (C=O) groups is 1. The maximum absolute atomic E-state index is 14.2. The van der Waals surface area contributed by atoms with Gasteiger partial charge in [0.2, 0.25) is 0 Å². The molecule has 2 aromatic carbocycles. The summed E-state index contributed by atoms with van der Waals surface area (Å²) in [5, 5.41) is 0. The molecule has 3 rings (SSSR count). The van der Waals surface area contributed by atoms with Gasteiger partial charge in [0, 0.05) is 23.7 Å². The van der Waals surface area contributed by atoms with Gasteiger partial charge in [0.05, 0.1) is 18.1 Å². The highest BCUT2D eigenvalue weighted by molar-refractivity contribution is 7.91. The molecule has 1 aliphatic heterocycles. The van der Waals surface area contributed by atoms with Crippen LogP contribution in [-0.4, -0.2) is 43.4 Å². The topological polar surface area (TPSA) is 63.7 Å². The normalized spacial score (nSPS) is 18.0. The van der Waals surface area contributed by atoms with Crippen LogP contribution in [0.2, 0.25) is 0 Å². The SMILES string of the molecule is CCCOc1cccc(C(=O)N(Cc2ccccc2F)[C@H]2CCS(=O)(=O)C2)c1. The van der Waals surface area contributed by atoms with Crippen molar-refractivity contribution < 1.29 is 22.3 Å². The zero-order valence-electron chi connectivity index (χ0n) is 15.8. The quantitative estimate of drug-likeness (QED) is 0.708. The molecule has 7 heteroatoms. The van der Waals surface area contributed by atoms with Crippen molar-refractivity contribution in [2.24, 2.45) is 0 Å². The highest BCUT2D eigenvalue weighted by Gasteiger charge is 2.35. The molecular formula is C21H24FNO4S. The van der Waals surface area contributed by atoms with Gasteiger partial charge >= 0.3 is 0 Å². The fraction of sp³-hybridized carbons (Fsp3) is 0.381. The van der Waals surface area contributed by atoms with E-state index < -0.39 is 21.7 Å². The van der Waals surface area contributed by atoms with Gasteiger partial charge in [0.1, 0.15) is 11.6 Å². The van der Waals surface area contributed by atoms with Gasteiger partial charge in [-0.1, -0.05) is 31.2 Å². The maximum Gasteiger partial charge on any atom is 0.254 e. The molecule has 0 unspecified atom stereocenters. The van der Waals surface area contributed by atoms with E-state index in [-0.39, 0.29) is 24.0 Å². The lowest BCUT2D eigenvalue weighted by Gasteiger charge is -2.29. The van der Waals surface area contributed by atoms with Gasteiger partial charge in [-0.15, -0.1) is 0 Å². The van der Waals surface area contributed by atoms with Crippen molar-refractivity contribution in [1.82, 2.24) is 4.90 Å². The van der Waals surface area contributed by atoms with E-state index in [0.717, 1.165) is 6.42 Å². The Morgan fingerprint density at radius 1 is 1.21 bits per heavy atom. The smallest absolute Gasteiger partial charge is 0.254 e. The van der Waals surface area contributed by atoms with Crippen LogP contribution in [0.1, 0.15) is 35.7 Å². The molecule has 28 heavy (non-hydrogen) atoms. The summed E-state index contributed by atoms with van der Waals surface area (Å²) in [6.45, 7) is 2.55. The summed E-state index contributed by atoms with van der Waals surface area (Å²) < 4.78 is 43.7. The monoisotopic (exact) mass is 405 g/mol. The standard InChI is InChI=1S/C21H24FNO4S/c1-2-11-27-19-8-5-7-16(13-19)21(24)23(18-10-12-28(25,26)15-18)14-17-6-3-4-9-20(17)22/h3-9,13,18H,2,10-12,14-15H2,1H3/t18-/m0/s1. The number of amides is 1.